The quantitative estimate of drug-likeness (QED) is 0.568. The average Bonchev–Trinajstić information content (AvgIpc) is 2.24. The first kappa shape index (κ1) is 12.9. The first-order valence-electron chi connectivity index (χ1n) is 4.79. The molecule has 0 saturated carbocycles. The van der Waals surface area contributed by atoms with Crippen LogP contribution in [0, 0.1) is 0 Å². The largest absolute Gasteiger partial charge is 0.491 e. The summed E-state index contributed by atoms with van der Waals surface area (Å²) in [6.45, 7) is 3.32. The Morgan fingerprint density at radius 3 is 2.31 bits per heavy atom. The highest BCUT2D eigenvalue weighted by Crippen LogP contribution is 2.17. The molecule has 0 saturated heterocycles. The number of ether oxygens (including phenoxy) is 2. The van der Waals surface area contributed by atoms with Crippen LogP contribution in [0.5, 0.6) is 5.75 Å². The van der Waals surface area contributed by atoms with E-state index in [1.54, 1.807) is 0 Å². The molecule has 1 aromatic carbocycles. The van der Waals surface area contributed by atoms with E-state index in [0.717, 1.165) is 12.1 Å². The van der Waals surface area contributed by atoms with E-state index in [0.29, 0.717) is 25.6 Å². The van der Waals surface area contributed by atoms with Crippen LogP contribution in [0.25, 0.3) is 0 Å². The maximum atomic E-state index is 12.5. The van der Waals surface area contributed by atoms with Gasteiger partial charge < -0.3 is 9.47 Å². The molecule has 0 aliphatic carbocycles. The molecule has 0 aliphatic rings. The minimum atomic E-state index is -4.63. The maximum Gasteiger partial charge on any atom is 0.332 e. The molecule has 4 nitrogen and oxygen atoms in total. The predicted molar refractivity (Wildman–Crippen MR) is 56.7 cm³/mol. The first-order chi connectivity index (χ1) is 7.54. The van der Waals surface area contributed by atoms with Gasteiger partial charge in [-0.1, -0.05) is 0 Å². The smallest absolute Gasteiger partial charge is 0.332 e. The van der Waals surface area contributed by atoms with Crippen molar-refractivity contribution in [3.05, 3.63) is 24.3 Å². The molecule has 0 radical (unpaired) electrons. The zero-order chi connectivity index (χ0) is 12.0. The topological polar surface area (TPSA) is 52.6 Å². The third kappa shape index (κ3) is 4.16. The molecule has 0 aromatic heterocycles. The van der Waals surface area contributed by atoms with Crippen molar-refractivity contribution in [2.24, 2.45) is 0 Å². The number of benzene rings is 1. The lowest BCUT2D eigenvalue weighted by atomic mass is 10.3. The molecule has 0 spiro atoms. The van der Waals surface area contributed by atoms with Crippen LogP contribution in [-0.4, -0.2) is 28.2 Å². The van der Waals surface area contributed by atoms with Gasteiger partial charge in [0.05, 0.1) is 11.5 Å². The number of hydrogen-bond donors (Lipinski definition) is 0. The fourth-order valence-electron chi connectivity index (χ4n) is 1.06. The Kier molecular flexibility index (Phi) is 4.70. The summed E-state index contributed by atoms with van der Waals surface area (Å²) < 4.78 is 43.8. The monoisotopic (exact) mass is 248 g/mol. The second-order valence-corrected chi connectivity index (χ2v) is 4.30. The van der Waals surface area contributed by atoms with Crippen LogP contribution in [0.1, 0.15) is 6.92 Å². The van der Waals surface area contributed by atoms with E-state index in [4.69, 9.17) is 9.47 Å². The van der Waals surface area contributed by atoms with E-state index in [9.17, 15) is 12.3 Å². The molecule has 0 atom stereocenters. The molecular weight excluding hydrogens is 235 g/mol. The van der Waals surface area contributed by atoms with Crippen LogP contribution >= 0.6 is 0 Å². The number of rotatable bonds is 6. The van der Waals surface area contributed by atoms with Crippen LogP contribution < -0.4 is 4.74 Å². The van der Waals surface area contributed by atoms with Gasteiger partial charge in [-0.05, 0) is 31.2 Å². The van der Waals surface area contributed by atoms with Crippen molar-refractivity contribution in [1.82, 2.24) is 0 Å². The Balaban J connectivity index is 2.52. The average molecular weight is 248 g/mol. The molecule has 0 heterocycles. The molecule has 0 aliphatic heterocycles. The van der Waals surface area contributed by atoms with Gasteiger partial charge in [-0.15, -0.1) is 3.89 Å². The predicted octanol–water partition coefficient (Wildman–Crippen LogP) is 1.76. The van der Waals surface area contributed by atoms with Crippen molar-refractivity contribution < 1.29 is 21.8 Å². The Morgan fingerprint density at radius 1 is 1.19 bits per heavy atom. The summed E-state index contributed by atoms with van der Waals surface area (Å²) in [4.78, 5) is -0.371. The van der Waals surface area contributed by atoms with E-state index in [1.165, 1.54) is 12.1 Å². The van der Waals surface area contributed by atoms with Crippen molar-refractivity contribution >= 4 is 10.2 Å². The van der Waals surface area contributed by atoms with Crippen LogP contribution in [0.15, 0.2) is 29.2 Å². The summed E-state index contributed by atoms with van der Waals surface area (Å²) in [5, 5.41) is 0. The van der Waals surface area contributed by atoms with Gasteiger partial charge in [-0.3, -0.25) is 0 Å². The lowest BCUT2D eigenvalue weighted by Crippen LogP contribution is -2.06. The van der Waals surface area contributed by atoms with Crippen LogP contribution in [0.3, 0.4) is 0 Å². The lowest BCUT2D eigenvalue weighted by molar-refractivity contribution is 0.110. The molecule has 0 N–H and O–H groups in total. The molecule has 6 heteroatoms. The summed E-state index contributed by atoms with van der Waals surface area (Å²) in [6.07, 6.45) is 0. The Hall–Kier alpha value is -1.14. The molecule has 90 valence electrons. The first-order valence-corrected chi connectivity index (χ1v) is 6.17. The Labute approximate surface area is 94.2 Å². The lowest BCUT2D eigenvalue weighted by Gasteiger charge is -2.05. The van der Waals surface area contributed by atoms with Crippen molar-refractivity contribution in [3.8, 4) is 5.75 Å². The van der Waals surface area contributed by atoms with Gasteiger partial charge in [-0.25, -0.2) is 0 Å². The molecule has 1 rings (SSSR count). The van der Waals surface area contributed by atoms with Gasteiger partial charge in [0.25, 0.3) is 0 Å². The second-order valence-electron chi connectivity index (χ2n) is 2.95. The molecular formula is C10H13FO4S. The summed E-state index contributed by atoms with van der Waals surface area (Å²) in [5.41, 5.74) is 0. The van der Waals surface area contributed by atoms with E-state index in [1.807, 2.05) is 6.92 Å². The van der Waals surface area contributed by atoms with Crippen molar-refractivity contribution in [1.29, 1.82) is 0 Å². The Morgan fingerprint density at radius 2 is 1.81 bits per heavy atom. The third-order valence-corrected chi connectivity index (χ3v) is 2.64. The van der Waals surface area contributed by atoms with Crippen LogP contribution in [-0.2, 0) is 15.0 Å². The SMILES string of the molecule is CCOCCOc1ccc(S(=O)(=O)F)cc1. The molecule has 0 amide bonds. The molecule has 0 unspecified atom stereocenters. The standard InChI is InChI=1S/C10H13FO4S/c1-2-14-7-8-15-9-3-5-10(6-4-9)16(11,12)13/h3-6H,2,7-8H2,1H3. The zero-order valence-corrected chi connectivity index (χ0v) is 9.67. The number of hydrogen-bond acceptors (Lipinski definition) is 4. The van der Waals surface area contributed by atoms with Crippen LogP contribution in [0.4, 0.5) is 3.89 Å². The van der Waals surface area contributed by atoms with Gasteiger partial charge in [-0.2, -0.15) is 8.42 Å². The van der Waals surface area contributed by atoms with E-state index in [-0.39, 0.29) is 4.90 Å². The van der Waals surface area contributed by atoms with E-state index < -0.39 is 10.2 Å². The molecule has 0 bridgehead atoms. The minimum absolute atomic E-state index is 0.371. The Bertz CT molecular complexity index is 413. The molecule has 16 heavy (non-hydrogen) atoms. The zero-order valence-electron chi connectivity index (χ0n) is 8.85. The number of halogens is 1. The van der Waals surface area contributed by atoms with Gasteiger partial charge in [0.2, 0.25) is 0 Å². The minimum Gasteiger partial charge on any atom is -0.491 e. The van der Waals surface area contributed by atoms with Gasteiger partial charge >= 0.3 is 10.2 Å². The third-order valence-electron chi connectivity index (χ3n) is 1.81. The maximum absolute atomic E-state index is 12.5. The second kappa shape index (κ2) is 5.81. The van der Waals surface area contributed by atoms with Crippen molar-refractivity contribution in [2.45, 2.75) is 11.8 Å². The normalized spacial score (nSPS) is 11.4. The van der Waals surface area contributed by atoms with Crippen molar-refractivity contribution in [2.75, 3.05) is 19.8 Å². The van der Waals surface area contributed by atoms with E-state index in [2.05, 4.69) is 0 Å². The summed E-state index contributed by atoms with van der Waals surface area (Å²) >= 11 is 0. The van der Waals surface area contributed by atoms with Gasteiger partial charge in [0.15, 0.2) is 0 Å². The highest BCUT2D eigenvalue weighted by atomic mass is 32.3. The van der Waals surface area contributed by atoms with E-state index >= 15 is 0 Å². The highest BCUT2D eigenvalue weighted by Gasteiger charge is 2.10. The van der Waals surface area contributed by atoms with Gasteiger partial charge in [0.1, 0.15) is 12.4 Å². The molecule has 1 aromatic rings. The summed E-state index contributed by atoms with van der Waals surface area (Å²) in [5.74, 6) is 0.479. The summed E-state index contributed by atoms with van der Waals surface area (Å²) in [6, 6.07) is 5.12. The fourth-order valence-corrected chi connectivity index (χ4v) is 1.52. The van der Waals surface area contributed by atoms with Gasteiger partial charge in [0, 0.05) is 6.61 Å². The molecule has 0 fully saturated rings. The summed E-state index contributed by atoms with van der Waals surface area (Å²) in [7, 11) is -4.63. The van der Waals surface area contributed by atoms with Crippen LogP contribution in [0.2, 0.25) is 0 Å². The van der Waals surface area contributed by atoms with Crippen molar-refractivity contribution in [3.63, 3.8) is 0 Å². The highest BCUT2D eigenvalue weighted by molar-refractivity contribution is 7.86. The fraction of sp³-hybridized carbons (Fsp3) is 0.400.